The van der Waals surface area contributed by atoms with Gasteiger partial charge >= 0.3 is 6.18 Å². The van der Waals surface area contributed by atoms with Crippen LogP contribution in [0.5, 0.6) is 0 Å². The summed E-state index contributed by atoms with van der Waals surface area (Å²) in [7, 11) is -4.14. The first-order chi connectivity index (χ1) is 7.64. The molecule has 0 radical (unpaired) electrons. The van der Waals surface area contributed by atoms with Crippen LogP contribution in [0.25, 0.3) is 0 Å². The Balaban J connectivity index is 3.33. The van der Waals surface area contributed by atoms with E-state index in [1.54, 1.807) is 0 Å². The minimum atomic E-state index is -4.73. The van der Waals surface area contributed by atoms with Gasteiger partial charge in [0, 0.05) is 0 Å². The summed E-state index contributed by atoms with van der Waals surface area (Å²) in [5.41, 5.74) is -1.21. The van der Waals surface area contributed by atoms with Gasteiger partial charge in [0.25, 0.3) is 0 Å². The summed E-state index contributed by atoms with van der Waals surface area (Å²) in [5, 5.41) is 8.98. The van der Waals surface area contributed by atoms with E-state index >= 15 is 0 Å². The van der Waals surface area contributed by atoms with Crippen molar-refractivity contribution in [3.63, 3.8) is 0 Å². The molecule has 7 heteroatoms. The molecule has 0 aliphatic heterocycles. The zero-order valence-electron chi connectivity index (χ0n) is 8.90. The van der Waals surface area contributed by atoms with Crippen LogP contribution in [0.3, 0.4) is 0 Å². The van der Waals surface area contributed by atoms with Crippen LogP contribution in [0.4, 0.5) is 13.2 Å². The van der Waals surface area contributed by atoms with Crippen molar-refractivity contribution >= 4 is 9.84 Å². The molecule has 1 N–H and O–H groups in total. The molecule has 0 saturated carbocycles. The minimum Gasteiger partial charge on any atom is -0.392 e. The van der Waals surface area contributed by atoms with Crippen molar-refractivity contribution in [2.75, 3.05) is 5.75 Å². The Morgan fingerprint density at radius 2 is 1.82 bits per heavy atom. The van der Waals surface area contributed by atoms with E-state index in [9.17, 15) is 21.6 Å². The molecular formula is C10H11F3O3S. The lowest BCUT2D eigenvalue weighted by Gasteiger charge is -2.13. The number of benzene rings is 1. The topological polar surface area (TPSA) is 54.4 Å². The third-order valence-corrected chi connectivity index (χ3v) is 3.94. The molecule has 0 amide bonds. The number of aliphatic hydroxyl groups excluding tert-OH is 1. The van der Waals surface area contributed by atoms with E-state index in [0.717, 1.165) is 12.1 Å². The summed E-state index contributed by atoms with van der Waals surface area (Å²) < 4.78 is 61.1. The zero-order valence-corrected chi connectivity index (χ0v) is 9.72. The van der Waals surface area contributed by atoms with Crippen LogP contribution in [-0.4, -0.2) is 25.4 Å². The normalized spacial score (nSPS) is 14.6. The summed E-state index contributed by atoms with van der Waals surface area (Å²) in [6.07, 6.45) is -5.95. The molecule has 1 aromatic carbocycles. The molecule has 1 aromatic rings. The Labute approximate surface area is 96.8 Å². The number of rotatable bonds is 3. The molecule has 0 heterocycles. The lowest BCUT2D eigenvalue weighted by atomic mass is 10.2. The molecule has 0 aliphatic rings. The van der Waals surface area contributed by atoms with Gasteiger partial charge in [-0.25, -0.2) is 8.42 Å². The number of halogens is 3. The first-order valence-corrected chi connectivity index (χ1v) is 6.37. The van der Waals surface area contributed by atoms with Gasteiger partial charge in [-0.1, -0.05) is 12.1 Å². The quantitative estimate of drug-likeness (QED) is 0.910. The van der Waals surface area contributed by atoms with Gasteiger partial charge < -0.3 is 5.11 Å². The summed E-state index contributed by atoms with van der Waals surface area (Å²) >= 11 is 0. The highest BCUT2D eigenvalue weighted by Crippen LogP contribution is 2.34. The van der Waals surface area contributed by atoms with Gasteiger partial charge in [-0.15, -0.1) is 0 Å². The van der Waals surface area contributed by atoms with Crippen LogP contribution in [0.15, 0.2) is 29.2 Å². The van der Waals surface area contributed by atoms with Crippen molar-refractivity contribution in [1.29, 1.82) is 0 Å². The lowest BCUT2D eigenvalue weighted by molar-refractivity contribution is -0.139. The van der Waals surface area contributed by atoms with Gasteiger partial charge in [0.15, 0.2) is 9.84 Å². The number of sulfone groups is 1. The van der Waals surface area contributed by atoms with Crippen LogP contribution in [-0.2, 0) is 16.0 Å². The maximum atomic E-state index is 12.6. The van der Waals surface area contributed by atoms with Gasteiger partial charge in [0.05, 0.1) is 22.3 Å². The summed E-state index contributed by atoms with van der Waals surface area (Å²) in [6, 6.07) is 3.92. The largest absolute Gasteiger partial charge is 0.417 e. The summed E-state index contributed by atoms with van der Waals surface area (Å²) in [6.45, 7) is 1.20. The molecule has 0 bridgehead atoms. The highest BCUT2D eigenvalue weighted by Gasteiger charge is 2.36. The molecule has 0 aromatic heterocycles. The van der Waals surface area contributed by atoms with Crippen molar-refractivity contribution in [2.24, 2.45) is 0 Å². The minimum absolute atomic E-state index is 0.703. The maximum Gasteiger partial charge on any atom is 0.417 e. The molecule has 0 fully saturated rings. The van der Waals surface area contributed by atoms with Crippen molar-refractivity contribution in [3.05, 3.63) is 29.8 Å². The molecular weight excluding hydrogens is 257 g/mol. The summed E-state index contributed by atoms with van der Waals surface area (Å²) in [4.78, 5) is -0.798. The highest BCUT2D eigenvalue weighted by molar-refractivity contribution is 7.91. The number of hydrogen-bond donors (Lipinski definition) is 1. The molecule has 1 atom stereocenters. The predicted octanol–water partition coefficient (Wildman–Crippen LogP) is 1.86. The van der Waals surface area contributed by atoms with Crippen LogP contribution in [0.1, 0.15) is 12.5 Å². The first kappa shape index (κ1) is 14.0. The standard InChI is InChI=1S/C10H11F3O3S/c1-7(14)6-17(15,16)9-5-3-2-4-8(9)10(11,12)13/h2-5,7,14H,6H2,1H3. The second-order valence-electron chi connectivity index (χ2n) is 3.62. The van der Waals surface area contributed by atoms with E-state index < -0.39 is 38.3 Å². The summed E-state index contributed by atoms with van der Waals surface area (Å²) in [5.74, 6) is -0.736. The smallest absolute Gasteiger partial charge is 0.392 e. The van der Waals surface area contributed by atoms with Crippen LogP contribution in [0, 0.1) is 0 Å². The van der Waals surface area contributed by atoms with E-state index in [2.05, 4.69) is 0 Å². The fraction of sp³-hybridized carbons (Fsp3) is 0.400. The van der Waals surface area contributed by atoms with Gasteiger partial charge in [0.1, 0.15) is 0 Å². The molecule has 1 unspecified atom stereocenters. The monoisotopic (exact) mass is 268 g/mol. The van der Waals surface area contributed by atoms with Crippen molar-refractivity contribution < 1.29 is 26.7 Å². The average molecular weight is 268 g/mol. The van der Waals surface area contributed by atoms with Crippen molar-refractivity contribution in [2.45, 2.75) is 24.1 Å². The molecule has 0 spiro atoms. The average Bonchev–Trinajstić information content (AvgIpc) is 2.14. The number of aliphatic hydroxyl groups is 1. The second-order valence-corrected chi connectivity index (χ2v) is 5.63. The van der Waals surface area contributed by atoms with Gasteiger partial charge in [0.2, 0.25) is 0 Å². The highest BCUT2D eigenvalue weighted by atomic mass is 32.2. The van der Waals surface area contributed by atoms with Crippen molar-refractivity contribution in [1.82, 2.24) is 0 Å². The molecule has 17 heavy (non-hydrogen) atoms. The number of hydrogen-bond acceptors (Lipinski definition) is 3. The zero-order chi connectivity index (χ0) is 13.3. The molecule has 0 aliphatic carbocycles. The third-order valence-electron chi connectivity index (χ3n) is 1.99. The number of alkyl halides is 3. The fourth-order valence-corrected chi connectivity index (χ4v) is 3.00. The predicted molar refractivity (Wildman–Crippen MR) is 55.2 cm³/mol. The Morgan fingerprint density at radius 3 is 2.29 bits per heavy atom. The van der Waals surface area contributed by atoms with E-state index in [-0.39, 0.29) is 0 Å². The first-order valence-electron chi connectivity index (χ1n) is 4.71. The maximum absolute atomic E-state index is 12.6. The fourth-order valence-electron chi connectivity index (χ4n) is 1.38. The van der Waals surface area contributed by atoms with E-state index in [1.807, 2.05) is 0 Å². The SMILES string of the molecule is CC(O)CS(=O)(=O)c1ccccc1C(F)(F)F. The van der Waals surface area contributed by atoms with E-state index in [0.29, 0.717) is 6.07 Å². The lowest BCUT2D eigenvalue weighted by Crippen LogP contribution is -2.21. The van der Waals surface area contributed by atoms with E-state index in [4.69, 9.17) is 5.11 Å². The van der Waals surface area contributed by atoms with Gasteiger partial charge in [-0.3, -0.25) is 0 Å². The van der Waals surface area contributed by atoms with Gasteiger partial charge in [-0.05, 0) is 19.1 Å². The molecule has 3 nitrogen and oxygen atoms in total. The molecule has 1 rings (SSSR count). The third kappa shape index (κ3) is 3.44. The Morgan fingerprint density at radius 1 is 1.29 bits per heavy atom. The van der Waals surface area contributed by atoms with Gasteiger partial charge in [-0.2, -0.15) is 13.2 Å². The molecule has 96 valence electrons. The Bertz CT molecular complexity index is 492. The van der Waals surface area contributed by atoms with Crippen LogP contribution < -0.4 is 0 Å². The van der Waals surface area contributed by atoms with Crippen LogP contribution in [0.2, 0.25) is 0 Å². The molecule has 0 saturated heterocycles. The van der Waals surface area contributed by atoms with E-state index in [1.165, 1.54) is 13.0 Å². The second kappa shape index (κ2) is 4.66. The Kier molecular flexibility index (Phi) is 3.83. The van der Waals surface area contributed by atoms with Crippen LogP contribution >= 0.6 is 0 Å². The van der Waals surface area contributed by atoms with Crippen molar-refractivity contribution in [3.8, 4) is 0 Å². The Hall–Kier alpha value is -1.08.